The summed E-state index contributed by atoms with van der Waals surface area (Å²) in [6.07, 6.45) is 3.21. The van der Waals surface area contributed by atoms with Gasteiger partial charge < -0.3 is 10.1 Å². The van der Waals surface area contributed by atoms with E-state index >= 15 is 0 Å². The first kappa shape index (κ1) is 17.2. The standard InChI is InChI=1S/C19H15N5O2/c20-11-14-4-6-15(7-5-14)12-26-13-18(25)23-17-8-10-22-19(24-17)16-3-1-2-9-21-16/h1-10H,12-13H2,(H,22,23,24,25). The largest absolute Gasteiger partial charge is 0.367 e. The smallest absolute Gasteiger partial charge is 0.251 e. The third kappa shape index (κ3) is 4.69. The van der Waals surface area contributed by atoms with Gasteiger partial charge in [-0.15, -0.1) is 0 Å². The predicted molar refractivity (Wildman–Crippen MR) is 94.7 cm³/mol. The Morgan fingerprint density at radius 2 is 1.92 bits per heavy atom. The number of hydrogen-bond acceptors (Lipinski definition) is 6. The SMILES string of the molecule is N#Cc1ccc(COCC(=O)Nc2ccnc(-c3ccccn3)n2)cc1. The Morgan fingerprint density at radius 3 is 2.65 bits per heavy atom. The van der Waals surface area contributed by atoms with E-state index in [0.717, 1.165) is 5.56 Å². The first-order chi connectivity index (χ1) is 12.7. The summed E-state index contributed by atoms with van der Waals surface area (Å²) in [7, 11) is 0. The van der Waals surface area contributed by atoms with E-state index in [1.54, 1.807) is 54.9 Å². The number of pyridine rings is 1. The fourth-order valence-electron chi connectivity index (χ4n) is 2.16. The number of hydrogen-bond donors (Lipinski definition) is 1. The molecule has 0 fully saturated rings. The number of aromatic nitrogens is 3. The molecule has 1 amide bonds. The number of nitrogens with one attached hydrogen (secondary N) is 1. The highest BCUT2D eigenvalue weighted by Crippen LogP contribution is 2.13. The molecule has 0 unspecified atom stereocenters. The van der Waals surface area contributed by atoms with E-state index in [0.29, 0.717) is 22.9 Å². The van der Waals surface area contributed by atoms with Gasteiger partial charge in [0.15, 0.2) is 5.82 Å². The Balaban J connectivity index is 1.52. The molecule has 2 heterocycles. The molecule has 0 saturated heterocycles. The van der Waals surface area contributed by atoms with Gasteiger partial charge in [-0.3, -0.25) is 9.78 Å². The average Bonchev–Trinajstić information content (AvgIpc) is 2.69. The summed E-state index contributed by atoms with van der Waals surface area (Å²) < 4.78 is 5.39. The number of ether oxygens (including phenoxy) is 1. The van der Waals surface area contributed by atoms with Crippen LogP contribution in [-0.4, -0.2) is 27.5 Å². The van der Waals surface area contributed by atoms with Gasteiger partial charge in [0.05, 0.1) is 18.2 Å². The first-order valence-corrected chi connectivity index (χ1v) is 7.86. The lowest BCUT2D eigenvalue weighted by atomic mass is 10.2. The van der Waals surface area contributed by atoms with Gasteiger partial charge in [0, 0.05) is 12.4 Å². The third-order valence-corrected chi connectivity index (χ3v) is 3.40. The Bertz CT molecular complexity index is 921. The number of rotatable bonds is 6. The zero-order valence-electron chi connectivity index (χ0n) is 13.8. The van der Waals surface area contributed by atoms with E-state index in [1.807, 2.05) is 6.07 Å². The Morgan fingerprint density at radius 1 is 1.08 bits per heavy atom. The summed E-state index contributed by atoms with van der Waals surface area (Å²) in [6, 6.07) is 16.1. The number of nitrogens with zero attached hydrogens (tertiary/aromatic N) is 4. The number of anilines is 1. The van der Waals surface area contributed by atoms with Crippen molar-refractivity contribution >= 4 is 11.7 Å². The van der Waals surface area contributed by atoms with Crippen LogP contribution >= 0.6 is 0 Å². The lowest BCUT2D eigenvalue weighted by Crippen LogP contribution is -2.19. The van der Waals surface area contributed by atoms with Crippen LogP contribution in [0, 0.1) is 11.3 Å². The van der Waals surface area contributed by atoms with Crippen molar-refractivity contribution in [3.63, 3.8) is 0 Å². The van der Waals surface area contributed by atoms with E-state index in [-0.39, 0.29) is 19.1 Å². The third-order valence-electron chi connectivity index (χ3n) is 3.40. The fourth-order valence-corrected chi connectivity index (χ4v) is 2.16. The summed E-state index contributed by atoms with van der Waals surface area (Å²) in [5, 5.41) is 11.4. The van der Waals surface area contributed by atoms with E-state index in [9.17, 15) is 4.79 Å². The number of carbonyl (C=O) groups excluding carboxylic acids is 1. The molecule has 0 atom stereocenters. The maximum absolute atomic E-state index is 12.0. The van der Waals surface area contributed by atoms with Crippen LogP contribution in [-0.2, 0) is 16.1 Å². The molecule has 0 saturated carbocycles. The zero-order valence-corrected chi connectivity index (χ0v) is 13.8. The van der Waals surface area contributed by atoms with Gasteiger partial charge in [-0.25, -0.2) is 9.97 Å². The van der Waals surface area contributed by atoms with E-state index < -0.39 is 0 Å². The van der Waals surface area contributed by atoms with Crippen molar-refractivity contribution in [1.29, 1.82) is 5.26 Å². The van der Waals surface area contributed by atoms with E-state index in [1.165, 1.54) is 0 Å². The number of carbonyl (C=O) groups is 1. The van der Waals surface area contributed by atoms with Crippen molar-refractivity contribution in [3.05, 3.63) is 72.1 Å². The van der Waals surface area contributed by atoms with E-state index in [4.69, 9.17) is 10.00 Å². The van der Waals surface area contributed by atoms with Crippen LogP contribution in [0.3, 0.4) is 0 Å². The first-order valence-electron chi connectivity index (χ1n) is 7.86. The van der Waals surface area contributed by atoms with Crippen molar-refractivity contribution in [2.75, 3.05) is 11.9 Å². The molecule has 0 radical (unpaired) electrons. The van der Waals surface area contributed by atoms with Gasteiger partial charge in [0.25, 0.3) is 5.91 Å². The second kappa shape index (κ2) is 8.46. The summed E-state index contributed by atoms with van der Waals surface area (Å²) in [5.74, 6) is 0.499. The van der Waals surface area contributed by atoms with Gasteiger partial charge in [-0.1, -0.05) is 18.2 Å². The average molecular weight is 345 g/mol. The van der Waals surface area contributed by atoms with Crippen LogP contribution in [0.2, 0.25) is 0 Å². The van der Waals surface area contributed by atoms with Crippen molar-refractivity contribution in [3.8, 4) is 17.6 Å². The van der Waals surface area contributed by atoms with Crippen molar-refractivity contribution in [2.45, 2.75) is 6.61 Å². The lowest BCUT2D eigenvalue weighted by molar-refractivity contribution is -0.121. The summed E-state index contributed by atoms with van der Waals surface area (Å²) in [4.78, 5) is 24.6. The molecule has 1 aromatic carbocycles. The molecule has 26 heavy (non-hydrogen) atoms. The number of amides is 1. The molecule has 0 aliphatic heterocycles. The summed E-state index contributed by atoms with van der Waals surface area (Å²) in [5.41, 5.74) is 2.09. The van der Waals surface area contributed by atoms with Crippen LogP contribution < -0.4 is 5.32 Å². The highest BCUT2D eigenvalue weighted by molar-refractivity contribution is 5.90. The minimum atomic E-state index is -0.315. The van der Waals surface area contributed by atoms with Gasteiger partial charge >= 0.3 is 0 Å². The number of nitriles is 1. The van der Waals surface area contributed by atoms with Crippen molar-refractivity contribution < 1.29 is 9.53 Å². The highest BCUT2D eigenvalue weighted by Gasteiger charge is 2.07. The molecule has 1 N–H and O–H groups in total. The lowest BCUT2D eigenvalue weighted by Gasteiger charge is -2.07. The molecule has 7 nitrogen and oxygen atoms in total. The molecule has 7 heteroatoms. The van der Waals surface area contributed by atoms with Crippen LogP contribution in [0.25, 0.3) is 11.5 Å². The van der Waals surface area contributed by atoms with Crippen LogP contribution in [0.15, 0.2) is 60.9 Å². The minimum absolute atomic E-state index is 0.108. The monoisotopic (exact) mass is 345 g/mol. The summed E-state index contributed by atoms with van der Waals surface area (Å²) >= 11 is 0. The highest BCUT2D eigenvalue weighted by atomic mass is 16.5. The topological polar surface area (TPSA) is 101 Å². The zero-order chi connectivity index (χ0) is 18.2. The maximum Gasteiger partial charge on any atom is 0.251 e. The molecular weight excluding hydrogens is 330 g/mol. The minimum Gasteiger partial charge on any atom is -0.367 e. The molecule has 128 valence electrons. The second-order valence-electron chi connectivity index (χ2n) is 5.33. The van der Waals surface area contributed by atoms with Crippen molar-refractivity contribution in [2.24, 2.45) is 0 Å². The molecule has 0 aliphatic rings. The molecule has 2 aromatic heterocycles. The Hall–Kier alpha value is -3.63. The molecule has 0 spiro atoms. The molecule has 0 aliphatic carbocycles. The Labute approximate surface area is 150 Å². The van der Waals surface area contributed by atoms with E-state index in [2.05, 4.69) is 26.3 Å². The van der Waals surface area contributed by atoms with Crippen LogP contribution in [0.5, 0.6) is 0 Å². The van der Waals surface area contributed by atoms with Gasteiger partial charge in [-0.2, -0.15) is 5.26 Å². The maximum atomic E-state index is 12.0. The quantitative estimate of drug-likeness (QED) is 0.737. The Kier molecular flexibility index (Phi) is 5.60. The van der Waals surface area contributed by atoms with Crippen LogP contribution in [0.4, 0.5) is 5.82 Å². The summed E-state index contributed by atoms with van der Waals surface area (Å²) in [6.45, 7) is 0.172. The normalized spacial score (nSPS) is 10.1. The predicted octanol–water partition coefficient (Wildman–Crippen LogP) is 2.57. The van der Waals surface area contributed by atoms with Crippen LogP contribution in [0.1, 0.15) is 11.1 Å². The van der Waals surface area contributed by atoms with Crippen molar-refractivity contribution in [1.82, 2.24) is 15.0 Å². The van der Waals surface area contributed by atoms with Gasteiger partial charge in [0.1, 0.15) is 18.1 Å². The van der Waals surface area contributed by atoms with Gasteiger partial charge in [-0.05, 0) is 35.9 Å². The fraction of sp³-hybridized carbons (Fsp3) is 0.105. The second-order valence-corrected chi connectivity index (χ2v) is 5.33. The van der Waals surface area contributed by atoms with Gasteiger partial charge in [0.2, 0.25) is 0 Å². The molecular formula is C19H15N5O2. The number of benzene rings is 1. The molecule has 0 bridgehead atoms. The molecule has 3 rings (SSSR count). The molecule has 3 aromatic rings.